The summed E-state index contributed by atoms with van der Waals surface area (Å²) in [5.74, 6) is -1.40. The Kier molecular flexibility index (Phi) is 12.9. The van der Waals surface area contributed by atoms with Gasteiger partial charge in [0, 0.05) is 11.5 Å². The van der Waals surface area contributed by atoms with Gasteiger partial charge in [0.2, 0.25) is 11.9 Å². The summed E-state index contributed by atoms with van der Waals surface area (Å²) in [6.45, 7) is 7.67. The average molecular weight is 919 g/mol. The van der Waals surface area contributed by atoms with Crippen molar-refractivity contribution in [2.75, 3.05) is 23.8 Å². The van der Waals surface area contributed by atoms with E-state index in [4.69, 9.17) is 34.8 Å². The van der Waals surface area contributed by atoms with Crippen LogP contribution in [0.4, 0.5) is 16.2 Å². The third kappa shape index (κ3) is 9.13. The molecular weight excluding hydrogens is 871 g/mol. The van der Waals surface area contributed by atoms with Crippen LogP contribution in [0.25, 0.3) is 22.3 Å². The van der Waals surface area contributed by atoms with E-state index in [1.165, 1.54) is 21.8 Å². The first kappa shape index (κ1) is 45.6. The van der Waals surface area contributed by atoms with Gasteiger partial charge in [0.15, 0.2) is 55.1 Å². The molecule has 2 saturated heterocycles. The summed E-state index contributed by atoms with van der Waals surface area (Å²) in [4.78, 5) is 73.8. The number of halogens is 1. The zero-order valence-electron chi connectivity index (χ0n) is 34.7. The second-order valence-corrected chi connectivity index (χ2v) is 24.2. The molecule has 2 aliphatic heterocycles. The summed E-state index contributed by atoms with van der Waals surface area (Å²) in [5, 5.41) is 26.5. The molecule has 2 aliphatic rings. The number of nitrogens with zero attached hydrogens (tertiary/aromatic N) is 7. The van der Waals surface area contributed by atoms with Crippen LogP contribution in [0.15, 0.2) is 54.1 Å². The number of aromatic amines is 1. The summed E-state index contributed by atoms with van der Waals surface area (Å²) in [5.41, 5.74) is -0.220. The zero-order chi connectivity index (χ0) is 44.9. The highest BCUT2D eigenvalue weighted by Gasteiger charge is 2.54. The van der Waals surface area contributed by atoms with Crippen molar-refractivity contribution >= 4 is 72.8 Å². The second-order valence-electron chi connectivity index (χ2n) is 16.7. The minimum absolute atomic E-state index is 0.0336. The van der Waals surface area contributed by atoms with Gasteiger partial charge in [-0.25, -0.2) is 24.3 Å². The standard InChI is InChI=1S/C37H48FN10O11PSSi/c1-18(2)31(51)45-36-44-30-24(33(53)46-36)42-17-48(30)35-27(26(20(13-49)56-35)59-62(6,7)37(3,4)5)58-60(54,61)55-14-21-25(50)22(38)34(57-21)47-16-41-23-28(39-15-40-29(23)47)43-32(52)19-11-9-8-10-12-19/h8-12,15-18,20-22,25-27,34-35,49-50H,13-14H2,1-7H3,(H,54,61)(H,39,40,43,52)(H2,44,45,46,51,53)/t20-,21-,22+,25?,26?,27+,34-,35-,60?/m1/s1. The lowest BCUT2D eigenvalue weighted by Crippen LogP contribution is -2.50. The number of hydrogen-bond donors (Lipinski definition) is 6. The van der Waals surface area contributed by atoms with Crippen molar-refractivity contribution in [1.82, 2.24) is 39.0 Å². The van der Waals surface area contributed by atoms with E-state index in [9.17, 15) is 29.5 Å². The summed E-state index contributed by atoms with van der Waals surface area (Å²) in [7, 11) is -2.69. The number of amides is 2. The summed E-state index contributed by atoms with van der Waals surface area (Å²) in [6.07, 6.45) is -7.81. The molecule has 62 heavy (non-hydrogen) atoms. The number of aliphatic hydroxyl groups excluding tert-OH is 2. The molecule has 2 amide bonds. The number of imidazole rings is 2. The Morgan fingerprint density at radius 3 is 2.32 bits per heavy atom. The van der Waals surface area contributed by atoms with Gasteiger partial charge in [0.05, 0.1) is 25.9 Å². The van der Waals surface area contributed by atoms with Gasteiger partial charge in [-0.3, -0.25) is 38.3 Å². The molecule has 2 fully saturated rings. The molecule has 0 radical (unpaired) electrons. The third-order valence-electron chi connectivity index (χ3n) is 11.0. The largest absolute Gasteiger partial charge is 0.408 e. The molecule has 4 aromatic heterocycles. The Hall–Kier alpha value is -4.46. The minimum Gasteiger partial charge on any atom is -0.408 e. The summed E-state index contributed by atoms with van der Waals surface area (Å²) in [6, 6.07) is 8.42. The molecule has 3 unspecified atom stereocenters. The maximum Gasteiger partial charge on any atom is 0.325 e. The van der Waals surface area contributed by atoms with Crippen LogP contribution in [0.2, 0.25) is 18.1 Å². The number of H-pyrrole nitrogens is 1. The van der Waals surface area contributed by atoms with Crippen molar-refractivity contribution in [3.63, 3.8) is 0 Å². The number of aromatic nitrogens is 8. The van der Waals surface area contributed by atoms with E-state index in [0.29, 0.717) is 5.56 Å². The molecule has 0 saturated carbocycles. The van der Waals surface area contributed by atoms with Crippen LogP contribution < -0.4 is 16.2 Å². The van der Waals surface area contributed by atoms with E-state index < -0.39 is 101 Å². The van der Waals surface area contributed by atoms with Crippen molar-refractivity contribution < 1.29 is 52.0 Å². The molecule has 0 bridgehead atoms. The van der Waals surface area contributed by atoms with Crippen molar-refractivity contribution in [3.05, 3.63) is 65.2 Å². The number of fused-ring (bicyclic) bond motifs is 2. The van der Waals surface area contributed by atoms with Crippen LogP contribution in [-0.2, 0) is 39.5 Å². The monoisotopic (exact) mass is 918 g/mol. The van der Waals surface area contributed by atoms with Gasteiger partial charge in [0.1, 0.15) is 36.8 Å². The molecule has 0 aliphatic carbocycles. The van der Waals surface area contributed by atoms with Gasteiger partial charge in [-0.2, -0.15) is 4.98 Å². The number of benzene rings is 1. The maximum absolute atomic E-state index is 15.9. The number of hydrogen-bond acceptors (Lipinski definition) is 16. The number of ether oxygens (including phenoxy) is 2. The van der Waals surface area contributed by atoms with E-state index >= 15 is 4.39 Å². The van der Waals surface area contributed by atoms with Gasteiger partial charge in [-0.15, -0.1) is 0 Å². The second kappa shape index (κ2) is 17.6. The highest BCUT2D eigenvalue weighted by atomic mass is 32.5. The highest BCUT2D eigenvalue weighted by Crippen LogP contribution is 2.52. The zero-order valence-corrected chi connectivity index (χ0v) is 37.4. The van der Waals surface area contributed by atoms with Gasteiger partial charge in [-0.05, 0) is 42.1 Å². The Bertz CT molecular complexity index is 2560. The lowest BCUT2D eigenvalue weighted by molar-refractivity contribution is -0.118. The number of rotatable bonds is 14. The average Bonchev–Trinajstić information content (AvgIpc) is 3.98. The number of aliphatic hydroxyl groups is 2. The molecule has 334 valence electrons. The van der Waals surface area contributed by atoms with Gasteiger partial charge in [0.25, 0.3) is 11.5 Å². The van der Waals surface area contributed by atoms with Crippen molar-refractivity contribution in [3.8, 4) is 0 Å². The van der Waals surface area contributed by atoms with E-state index in [1.54, 1.807) is 44.2 Å². The third-order valence-corrected chi connectivity index (χ3v) is 17.1. The molecular formula is C37H48FN10O11PSSi. The predicted octanol–water partition coefficient (Wildman–Crippen LogP) is 3.30. The lowest BCUT2D eigenvalue weighted by atomic mass is 10.1. The lowest BCUT2D eigenvalue weighted by Gasteiger charge is -2.40. The SMILES string of the molecule is CC(C)C(=O)Nc1nc2c(ncn2[C@@H]2O[C@H](CO)C(O[Si](C)(C)C(C)(C)C)[C@@H]2OP(O)(=S)OC[C@H]2O[C@@H](n3cnc4c(NC(=O)c5ccccc5)ncnc43)[C@@H](F)C2O)c(=O)[nH]1. The molecule has 21 nitrogen and oxygen atoms in total. The minimum atomic E-state index is -4.40. The fourth-order valence-electron chi connectivity index (χ4n) is 6.60. The topological polar surface area (TPSA) is 272 Å². The first-order chi connectivity index (χ1) is 29.2. The van der Waals surface area contributed by atoms with E-state index in [-0.39, 0.29) is 39.1 Å². The number of alkyl halides is 1. The number of carbonyl (C=O) groups is 2. The Morgan fingerprint density at radius 1 is 1.00 bits per heavy atom. The molecule has 6 N–H and O–H groups in total. The van der Waals surface area contributed by atoms with E-state index in [0.717, 1.165) is 6.33 Å². The van der Waals surface area contributed by atoms with Crippen molar-refractivity contribution in [1.29, 1.82) is 0 Å². The van der Waals surface area contributed by atoms with Crippen LogP contribution in [0, 0.1) is 5.92 Å². The highest BCUT2D eigenvalue weighted by molar-refractivity contribution is 8.07. The first-order valence-electron chi connectivity index (χ1n) is 19.6. The van der Waals surface area contributed by atoms with Crippen molar-refractivity contribution in [2.45, 2.75) is 102 Å². The van der Waals surface area contributed by atoms with Gasteiger partial charge in [-0.1, -0.05) is 52.8 Å². The Labute approximate surface area is 359 Å². The number of anilines is 2. The smallest absolute Gasteiger partial charge is 0.325 e. The molecule has 9 atom stereocenters. The van der Waals surface area contributed by atoms with Gasteiger partial charge < -0.3 is 38.8 Å². The summed E-state index contributed by atoms with van der Waals surface area (Å²) < 4.78 is 49.3. The number of carbonyl (C=O) groups excluding carboxylic acids is 2. The molecule has 5 aromatic rings. The predicted molar refractivity (Wildman–Crippen MR) is 227 cm³/mol. The summed E-state index contributed by atoms with van der Waals surface area (Å²) >= 11 is 5.49. The molecule has 7 rings (SSSR count). The van der Waals surface area contributed by atoms with E-state index in [2.05, 4.69) is 40.5 Å². The molecule has 0 spiro atoms. The fourth-order valence-corrected chi connectivity index (χ4v) is 9.33. The molecule has 1 aromatic carbocycles. The van der Waals surface area contributed by atoms with Crippen LogP contribution in [0.3, 0.4) is 0 Å². The van der Waals surface area contributed by atoms with E-state index in [1.807, 2.05) is 33.9 Å². The first-order valence-corrected chi connectivity index (χ1v) is 25.1. The normalized spacial score (nSPS) is 25.4. The Morgan fingerprint density at radius 2 is 1.66 bits per heavy atom. The van der Waals surface area contributed by atoms with Crippen LogP contribution >= 0.6 is 6.72 Å². The maximum atomic E-state index is 15.9. The van der Waals surface area contributed by atoms with Gasteiger partial charge >= 0.3 is 6.72 Å². The number of nitrogens with one attached hydrogen (secondary N) is 3. The van der Waals surface area contributed by atoms with Crippen molar-refractivity contribution in [2.24, 2.45) is 5.92 Å². The molecule has 25 heteroatoms. The van der Waals surface area contributed by atoms with Crippen LogP contribution in [-0.4, -0.2) is 124 Å². The Balaban J connectivity index is 1.13. The fraction of sp³-hybridized carbons (Fsp3) is 0.514. The molecule has 6 heterocycles. The quantitative estimate of drug-likeness (QED) is 0.0689. The van der Waals surface area contributed by atoms with Crippen LogP contribution in [0.1, 0.15) is 57.4 Å². The van der Waals surface area contributed by atoms with Crippen LogP contribution in [0.5, 0.6) is 0 Å².